The van der Waals surface area contributed by atoms with Crippen LogP contribution in [0.2, 0.25) is 0 Å². The molecule has 3 aromatic heterocycles. The summed E-state index contributed by atoms with van der Waals surface area (Å²) in [7, 11) is 0. The molecule has 1 aromatic carbocycles. The average Bonchev–Trinajstić information content (AvgIpc) is 3.34. The van der Waals surface area contributed by atoms with Gasteiger partial charge in [0, 0.05) is 29.9 Å². The molecule has 4 rings (SSSR count). The smallest absolute Gasteiger partial charge is 0.142 e. The number of hydrogen-bond donors (Lipinski definition) is 0. The maximum atomic E-state index is 4.64. The van der Waals surface area contributed by atoms with Crippen LogP contribution in [0.25, 0.3) is 22.0 Å². The van der Waals surface area contributed by atoms with Crippen molar-refractivity contribution in [2.24, 2.45) is 0 Å². The first kappa shape index (κ1) is 14.8. The number of nitrogens with zero attached hydrogens (tertiary/aromatic N) is 6. The third-order valence-electron chi connectivity index (χ3n) is 3.74. The molecule has 120 valence electrons. The molecule has 0 saturated heterocycles. The standard InChI is InChI=1S/C17H16N6S/c1-13-11-23(21-20-13)9-8-22-12-19-15(14-5-3-2-4-6-14)16(22)17-18-7-10-24-17/h2-7,10-12H,8-9H2,1H3. The minimum Gasteiger partial charge on any atom is -0.326 e. The lowest BCUT2D eigenvalue weighted by Gasteiger charge is -2.08. The van der Waals surface area contributed by atoms with Gasteiger partial charge in [-0.05, 0) is 6.92 Å². The van der Waals surface area contributed by atoms with Crippen LogP contribution in [0.5, 0.6) is 0 Å². The Hall–Kier alpha value is -2.80. The molecule has 0 aliphatic carbocycles. The minimum absolute atomic E-state index is 0.740. The van der Waals surface area contributed by atoms with E-state index in [1.807, 2.05) is 53.9 Å². The summed E-state index contributed by atoms with van der Waals surface area (Å²) in [5, 5.41) is 11.1. The van der Waals surface area contributed by atoms with Gasteiger partial charge in [-0.3, -0.25) is 4.68 Å². The van der Waals surface area contributed by atoms with Crippen molar-refractivity contribution in [1.29, 1.82) is 0 Å². The fraction of sp³-hybridized carbons (Fsp3) is 0.176. The van der Waals surface area contributed by atoms with Gasteiger partial charge in [-0.2, -0.15) is 0 Å². The zero-order chi connectivity index (χ0) is 16.4. The number of rotatable bonds is 5. The van der Waals surface area contributed by atoms with Crippen LogP contribution in [-0.2, 0) is 13.1 Å². The van der Waals surface area contributed by atoms with Gasteiger partial charge in [0.2, 0.25) is 0 Å². The van der Waals surface area contributed by atoms with Crippen LogP contribution in [0.3, 0.4) is 0 Å². The summed E-state index contributed by atoms with van der Waals surface area (Å²) in [4.78, 5) is 9.13. The van der Waals surface area contributed by atoms with Gasteiger partial charge in [0.15, 0.2) is 0 Å². The van der Waals surface area contributed by atoms with Gasteiger partial charge in [-0.25, -0.2) is 9.97 Å². The summed E-state index contributed by atoms with van der Waals surface area (Å²) in [6, 6.07) is 10.2. The summed E-state index contributed by atoms with van der Waals surface area (Å²) in [5.41, 5.74) is 4.03. The molecule has 0 unspecified atom stereocenters. The number of benzene rings is 1. The summed E-state index contributed by atoms with van der Waals surface area (Å²) in [6.45, 7) is 3.44. The Morgan fingerprint density at radius 1 is 1.08 bits per heavy atom. The second-order valence-corrected chi connectivity index (χ2v) is 6.36. The molecule has 0 aliphatic rings. The van der Waals surface area contributed by atoms with E-state index in [2.05, 4.69) is 37.0 Å². The molecule has 4 aromatic rings. The van der Waals surface area contributed by atoms with E-state index in [1.165, 1.54) is 0 Å². The van der Waals surface area contributed by atoms with E-state index in [1.54, 1.807) is 11.3 Å². The van der Waals surface area contributed by atoms with E-state index in [9.17, 15) is 0 Å². The Morgan fingerprint density at radius 3 is 2.67 bits per heavy atom. The molecule has 0 amide bonds. The molecular formula is C17H16N6S. The normalized spacial score (nSPS) is 11.0. The van der Waals surface area contributed by atoms with E-state index in [4.69, 9.17) is 0 Å². The van der Waals surface area contributed by atoms with E-state index < -0.39 is 0 Å². The number of hydrogen-bond acceptors (Lipinski definition) is 5. The summed E-state index contributed by atoms with van der Waals surface area (Å²) >= 11 is 1.62. The molecule has 0 fully saturated rings. The maximum absolute atomic E-state index is 4.64. The van der Waals surface area contributed by atoms with Crippen LogP contribution in [0, 0.1) is 6.92 Å². The summed E-state index contributed by atoms with van der Waals surface area (Å²) < 4.78 is 3.99. The average molecular weight is 336 g/mol. The molecule has 6 nitrogen and oxygen atoms in total. The van der Waals surface area contributed by atoms with Crippen molar-refractivity contribution in [2.45, 2.75) is 20.0 Å². The van der Waals surface area contributed by atoms with Crippen molar-refractivity contribution in [3.05, 3.63) is 60.1 Å². The summed E-state index contributed by atoms with van der Waals surface area (Å²) in [5.74, 6) is 0. The van der Waals surface area contributed by atoms with Gasteiger partial charge in [0.05, 0.1) is 24.3 Å². The van der Waals surface area contributed by atoms with Crippen LogP contribution in [0.15, 0.2) is 54.4 Å². The van der Waals surface area contributed by atoms with Gasteiger partial charge in [0.25, 0.3) is 0 Å². The van der Waals surface area contributed by atoms with E-state index >= 15 is 0 Å². The Labute approximate surface area is 143 Å². The number of aromatic nitrogens is 6. The van der Waals surface area contributed by atoms with Gasteiger partial charge < -0.3 is 4.57 Å². The van der Waals surface area contributed by atoms with E-state index in [0.29, 0.717) is 0 Å². The molecule has 0 aliphatic heterocycles. The first-order valence-corrected chi connectivity index (χ1v) is 8.56. The third kappa shape index (κ3) is 2.85. The molecule has 24 heavy (non-hydrogen) atoms. The van der Waals surface area contributed by atoms with Crippen LogP contribution in [-0.4, -0.2) is 29.5 Å². The van der Waals surface area contributed by atoms with Crippen LogP contribution >= 0.6 is 11.3 Å². The zero-order valence-corrected chi connectivity index (χ0v) is 14.0. The lowest BCUT2D eigenvalue weighted by molar-refractivity contribution is 0.521. The molecule has 0 bridgehead atoms. The fourth-order valence-corrected chi connectivity index (χ4v) is 3.34. The molecule has 7 heteroatoms. The molecule has 0 spiro atoms. The van der Waals surface area contributed by atoms with Crippen LogP contribution < -0.4 is 0 Å². The fourth-order valence-electron chi connectivity index (χ4n) is 2.64. The lowest BCUT2D eigenvalue weighted by atomic mass is 10.1. The Balaban J connectivity index is 1.70. The minimum atomic E-state index is 0.740. The molecule has 3 heterocycles. The van der Waals surface area contributed by atoms with Crippen molar-refractivity contribution in [3.63, 3.8) is 0 Å². The quantitative estimate of drug-likeness (QED) is 0.561. The highest BCUT2D eigenvalue weighted by Crippen LogP contribution is 2.32. The maximum Gasteiger partial charge on any atom is 0.142 e. The number of thiazole rings is 1. The molecule has 0 radical (unpaired) electrons. The van der Waals surface area contributed by atoms with Gasteiger partial charge in [-0.15, -0.1) is 16.4 Å². The first-order valence-electron chi connectivity index (χ1n) is 7.68. The second-order valence-electron chi connectivity index (χ2n) is 5.46. The molecule has 0 atom stereocenters. The van der Waals surface area contributed by atoms with Gasteiger partial charge in [-0.1, -0.05) is 35.5 Å². The monoisotopic (exact) mass is 336 g/mol. The number of aryl methyl sites for hydroxylation is 3. The Kier molecular flexibility index (Phi) is 3.92. The largest absolute Gasteiger partial charge is 0.326 e. The highest BCUT2D eigenvalue weighted by atomic mass is 32.1. The highest BCUT2D eigenvalue weighted by molar-refractivity contribution is 7.13. The van der Waals surface area contributed by atoms with Crippen molar-refractivity contribution >= 4 is 11.3 Å². The Morgan fingerprint density at radius 2 is 1.96 bits per heavy atom. The molecule has 0 saturated carbocycles. The van der Waals surface area contributed by atoms with E-state index in [0.717, 1.165) is 40.7 Å². The topological polar surface area (TPSA) is 61.4 Å². The SMILES string of the molecule is Cc1cn(CCn2cnc(-c3ccccc3)c2-c2nccs2)nn1. The van der Waals surface area contributed by atoms with Gasteiger partial charge in [0.1, 0.15) is 10.7 Å². The van der Waals surface area contributed by atoms with Crippen molar-refractivity contribution < 1.29 is 0 Å². The first-order chi connectivity index (χ1) is 11.8. The Bertz CT molecular complexity index is 923. The van der Waals surface area contributed by atoms with Crippen LogP contribution in [0.4, 0.5) is 0 Å². The molecular weight excluding hydrogens is 320 g/mol. The van der Waals surface area contributed by atoms with Crippen molar-refractivity contribution in [2.75, 3.05) is 0 Å². The summed E-state index contributed by atoms with van der Waals surface area (Å²) in [6.07, 6.45) is 5.65. The number of imidazole rings is 1. The third-order valence-corrected chi connectivity index (χ3v) is 4.52. The predicted octanol–water partition coefficient (Wildman–Crippen LogP) is 3.27. The highest BCUT2D eigenvalue weighted by Gasteiger charge is 2.16. The van der Waals surface area contributed by atoms with Crippen molar-refractivity contribution in [1.82, 2.24) is 29.5 Å². The van der Waals surface area contributed by atoms with E-state index in [-0.39, 0.29) is 0 Å². The predicted molar refractivity (Wildman–Crippen MR) is 93.5 cm³/mol. The zero-order valence-electron chi connectivity index (χ0n) is 13.2. The van der Waals surface area contributed by atoms with Crippen molar-refractivity contribution in [3.8, 4) is 22.0 Å². The molecule has 0 N–H and O–H groups in total. The van der Waals surface area contributed by atoms with Gasteiger partial charge >= 0.3 is 0 Å². The second kappa shape index (κ2) is 6.37. The lowest BCUT2D eigenvalue weighted by Crippen LogP contribution is -2.08. The van der Waals surface area contributed by atoms with Crippen LogP contribution in [0.1, 0.15) is 5.69 Å².